The van der Waals surface area contributed by atoms with Crippen LogP contribution in [0.3, 0.4) is 0 Å². The zero-order valence-corrected chi connectivity index (χ0v) is 17.1. The van der Waals surface area contributed by atoms with Crippen LogP contribution in [-0.4, -0.2) is 59.7 Å². The number of benzene rings is 2. The molecule has 2 aromatic rings. The Labute approximate surface area is 179 Å². The van der Waals surface area contributed by atoms with E-state index < -0.39 is 12.1 Å². The number of nitrogens with one attached hydrogen (secondary N) is 1. The molecule has 4 rings (SSSR count). The van der Waals surface area contributed by atoms with Crippen molar-refractivity contribution >= 4 is 23.5 Å². The summed E-state index contributed by atoms with van der Waals surface area (Å²) < 4.78 is 11.8. The first-order valence-corrected chi connectivity index (χ1v) is 10.2. The fourth-order valence-electron chi connectivity index (χ4n) is 4.09. The first-order chi connectivity index (χ1) is 14.9. The van der Waals surface area contributed by atoms with Gasteiger partial charge in [-0.3, -0.25) is 14.4 Å². The van der Waals surface area contributed by atoms with Crippen LogP contribution in [-0.2, 0) is 9.53 Å². The topological polar surface area (TPSA) is 105 Å². The summed E-state index contributed by atoms with van der Waals surface area (Å²) in [7, 11) is 1.71. The van der Waals surface area contributed by atoms with E-state index >= 15 is 0 Å². The summed E-state index contributed by atoms with van der Waals surface area (Å²) in [6, 6.07) is 13.6. The predicted molar refractivity (Wildman–Crippen MR) is 112 cm³/mol. The number of ether oxygens (including phenoxy) is 2. The third-order valence-corrected chi connectivity index (χ3v) is 5.71. The Morgan fingerprint density at radius 3 is 2.68 bits per heavy atom. The Morgan fingerprint density at radius 2 is 1.94 bits per heavy atom. The third-order valence-electron chi connectivity index (χ3n) is 5.71. The van der Waals surface area contributed by atoms with Gasteiger partial charge in [0, 0.05) is 18.3 Å². The number of hydrogen-bond donors (Lipinski definition) is 2. The summed E-state index contributed by atoms with van der Waals surface area (Å²) in [5.74, 6) is -1.01. The number of carbonyl (C=O) groups excluding carboxylic acids is 2. The molecule has 0 radical (unpaired) electrons. The number of aliphatic carboxylic acids is 1. The molecule has 0 bridgehead atoms. The smallest absolute Gasteiger partial charge is 0.305 e. The summed E-state index contributed by atoms with van der Waals surface area (Å²) in [6.45, 7) is 0.209. The Bertz CT molecular complexity index is 993. The molecule has 0 spiro atoms. The average Bonchev–Trinajstić information content (AvgIpc) is 2.77. The molecule has 2 aliphatic rings. The van der Waals surface area contributed by atoms with Crippen LogP contribution in [0, 0.1) is 0 Å². The number of amides is 2. The molecular weight excluding hydrogens is 400 g/mol. The minimum Gasteiger partial charge on any atom is -0.490 e. The number of fused-ring (bicyclic) bond motifs is 2. The van der Waals surface area contributed by atoms with Gasteiger partial charge in [0.15, 0.2) is 0 Å². The van der Waals surface area contributed by atoms with Gasteiger partial charge < -0.3 is 24.8 Å². The number of likely N-dealkylation sites (N-methyl/N-ethyl adjacent to an activating group) is 1. The molecule has 2 amide bonds. The lowest BCUT2D eigenvalue weighted by Crippen LogP contribution is -2.53. The molecule has 1 fully saturated rings. The highest BCUT2D eigenvalue weighted by atomic mass is 16.5. The van der Waals surface area contributed by atoms with E-state index in [4.69, 9.17) is 14.6 Å². The van der Waals surface area contributed by atoms with Gasteiger partial charge in [0.25, 0.3) is 11.8 Å². The van der Waals surface area contributed by atoms with E-state index in [9.17, 15) is 14.4 Å². The van der Waals surface area contributed by atoms with Gasteiger partial charge in [0.05, 0.1) is 24.1 Å². The van der Waals surface area contributed by atoms with Gasteiger partial charge in [0.1, 0.15) is 18.5 Å². The van der Waals surface area contributed by atoms with Gasteiger partial charge >= 0.3 is 5.97 Å². The van der Waals surface area contributed by atoms with E-state index in [0.717, 1.165) is 0 Å². The first kappa shape index (κ1) is 20.9. The molecule has 31 heavy (non-hydrogen) atoms. The van der Waals surface area contributed by atoms with Gasteiger partial charge in [-0.05, 0) is 43.2 Å². The number of carboxylic acids is 1. The van der Waals surface area contributed by atoms with Crippen LogP contribution in [0.2, 0.25) is 0 Å². The van der Waals surface area contributed by atoms with Crippen molar-refractivity contribution in [3.63, 3.8) is 0 Å². The number of nitrogens with zero attached hydrogens (tertiary/aromatic N) is 1. The lowest BCUT2D eigenvalue weighted by atomic mass is 9.94. The van der Waals surface area contributed by atoms with E-state index in [1.54, 1.807) is 54.4 Å². The molecule has 2 N–H and O–H groups in total. The second kappa shape index (κ2) is 8.77. The highest BCUT2D eigenvalue weighted by Crippen LogP contribution is 2.32. The Hall–Kier alpha value is -3.39. The number of anilines is 1. The molecule has 0 unspecified atom stereocenters. The molecule has 2 aliphatic heterocycles. The van der Waals surface area contributed by atoms with Crippen molar-refractivity contribution in [2.45, 2.75) is 37.5 Å². The van der Waals surface area contributed by atoms with Crippen LogP contribution in [0.15, 0.2) is 48.5 Å². The minimum atomic E-state index is -0.907. The third kappa shape index (κ3) is 4.54. The highest BCUT2D eigenvalue weighted by molar-refractivity contribution is 6.05. The number of carbonyl (C=O) groups is 3. The molecule has 2 heterocycles. The standard InChI is InChI=1S/C23H24N2O6/c1-25-18-9-8-16(12-21(26)27)31-20(18)13-30-19-10-7-15(11-17(19)23(25)29)24-22(28)14-5-3-2-4-6-14/h2-7,10-11,16,18,20H,8-9,12-13H2,1H3,(H,24,28)(H,26,27)/t16-,18-,20+/m0/s1. The Morgan fingerprint density at radius 1 is 1.16 bits per heavy atom. The van der Waals surface area contributed by atoms with Crippen molar-refractivity contribution in [1.82, 2.24) is 4.90 Å². The summed E-state index contributed by atoms with van der Waals surface area (Å²) in [6.07, 6.45) is 0.332. The van der Waals surface area contributed by atoms with Crippen molar-refractivity contribution in [2.75, 3.05) is 19.0 Å². The Kier molecular flexibility index (Phi) is 5.90. The second-order valence-electron chi connectivity index (χ2n) is 7.80. The molecule has 3 atom stereocenters. The van der Waals surface area contributed by atoms with Crippen LogP contribution in [0.1, 0.15) is 40.0 Å². The Balaban J connectivity index is 1.54. The van der Waals surface area contributed by atoms with Crippen LogP contribution in [0.5, 0.6) is 5.75 Å². The van der Waals surface area contributed by atoms with Crippen LogP contribution >= 0.6 is 0 Å². The molecule has 2 aromatic carbocycles. The molecule has 162 valence electrons. The fourth-order valence-corrected chi connectivity index (χ4v) is 4.09. The maximum Gasteiger partial charge on any atom is 0.305 e. The summed E-state index contributed by atoms with van der Waals surface area (Å²) in [5.41, 5.74) is 1.38. The number of carboxylic acid groups (broad SMARTS) is 1. The maximum absolute atomic E-state index is 13.2. The largest absolute Gasteiger partial charge is 0.490 e. The predicted octanol–water partition coefficient (Wildman–Crippen LogP) is 2.79. The minimum absolute atomic E-state index is 0.0675. The highest BCUT2D eigenvalue weighted by Gasteiger charge is 2.39. The molecule has 0 aliphatic carbocycles. The SMILES string of the molecule is CN1C(=O)c2cc(NC(=O)c3ccccc3)ccc2OC[C@H]2O[C@H](CC(=O)O)CC[C@@H]21. The van der Waals surface area contributed by atoms with Crippen molar-refractivity contribution in [2.24, 2.45) is 0 Å². The van der Waals surface area contributed by atoms with Crippen LogP contribution in [0.4, 0.5) is 5.69 Å². The summed E-state index contributed by atoms with van der Waals surface area (Å²) >= 11 is 0. The number of rotatable bonds is 4. The van der Waals surface area contributed by atoms with Crippen molar-refractivity contribution in [1.29, 1.82) is 0 Å². The monoisotopic (exact) mass is 424 g/mol. The zero-order chi connectivity index (χ0) is 22.0. The maximum atomic E-state index is 13.2. The van der Waals surface area contributed by atoms with Gasteiger partial charge in [0.2, 0.25) is 0 Å². The van der Waals surface area contributed by atoms with E-state index in [0.29, 0.717) is 35.4 Å². The molecule has 8 heteroatoms. The quantitative estimate of drug-likeness (QED) is 0.782. The molecule has 8 nitrogen and oxygen atoms in total. The molecule has 1 saturated heterocycles. The molecule has 0 aromatic heterocycles. The summed E-state index contributed by atoms with van der Waals surface area (Å²) in [4.78, 5) is 38.3. The van der Waals surface area contributed by atoms with Crippen molar-refractivity contribution < 1.29 is 29.0 Å². The zero-order valence-electron chi connectivity index (χ0n) is 17.1. The average molecular weight is 424 g/mol. The van der Waals surface area contributed by atoms with E-state index in [-0.39, 0.29) is 37.0 Å². The van der Waals surface area contributed by atoms with Crippen molar-refractivity contribution in [3.05, 3.63) is 59.7 Å². The summed E-state index contributed by atoms with van der Waals surface area (Å²) in [5, 5.41) is 11.9. The lowest BCUT2D eigenvalue weighted by molar-refractivity contribution is -0.148. The van der Waals surface area contributed by atoms with Crippen molar-refractivity contribution in [3.8, 4) is 5.75 Å². The molecular formula is C23H24N2O6. The fraction of sp³-hybridized carbons (Fsp3) is 0.348. The lowest BCUT2D eigenvalue weighted by Gasteiger charge is -2.42. The second-order valence-corrected chi connectivity index (χ2v) is 7.80. The van der Waals surface area contributed by atoms with E-state index in [1.165, 1.54) is 0 Å². The van der Waals surface area contributed by atoms with Gasteiger partial charge in [-0.1, -0.05) is 18.2 Å². The van der Waals surface area contributed by atoms with Gasteiger partial charge in [-0.15, -0.1) is 0 Å². The van der Waals surface area contributed by atoms with Gasteiger partial charge in [-0.25, -0.2) is 0 Å². The van der Waals surface area contributed by atoms with E-state index in [2.05, 4.69) is 5.32 Å². The first-order valence-electron chi connectivity index (χ1n) is 10.2. The normalized spacial score (nSPS) is 22.9. The van der Waals surface area contributed by atoms with Crippen LogP contribution in [0.25, 0.3) is 0 Å². The van der Waals surface area contributed by atoms with Crippen LogP contribution < -0.4 is 10.1 Å². The van der Waals surface area contributed by atoms with E-state index in [1.807, 2.05) is 6.07 Å². The molecule has 0 saturated carbocycles. The van der Waals surface area contributed by atoms with Gasteiger partial charge in [-0.2, -0.15) is 0 Å². The number of hydrogen-bond acceptors (Lipinski definition) is 5.